The van der Waals surface area contributed by atoms with Gasteiger partial charge in [0.25, 0.3) is 5.91 Å². The van der Waals surface area contributed by atoms with Crippen molar-refractivity contribution in [3.63, 3.8) is 0 Å². The first kappa shape index (κ1) is 20.2. The van der Waals surface area contributed by atoms with Crippen LogP contribution in [-0.2, 0) is 13.0 Å². The van der Waals surface area contributed by atoms with Crippen molar-refractivity contribution in [2.75, 3.05) is 0 Å². The summed E-state index contributed by atoms with van der Waals surface area (Å²) >= 11 is 6.19. The molecule has 3 aromatic rings. The highest BCUT2D eigenvalue weighted by molar-refractivity contribution is 6.30. The molecule has 2 aromatic carbocycles. The molecule has 0 aliphatic heterocycles. The number of aromatic nitrogens is 1. The lowest BCUT2D eigenvalue weighted by atomic mass is 9.94. The molecule has 0 spiro atoms. The summed E-state index contributed by atoms with van der Waals surface area (Å²) in [7, 11) is 0. The van der Waals surface area contributed by atoms with E-state index in [-0.39, 0.29) is 5.91 Å². The predicted molar refractivity (Wildman–Crippen MR) is 117 cm³/mol. The molecule has 0 saturated carbocycles. The van der Waals surface area contributed by atoms with Gasteiger partial charge in [0.1, 0.15) is 0 Å². The number of nitrogens with zero attached hydrogens (tertiary/aromatic N) is 1. The van der Waals surface area contributed by atoms with Gasteiger partial charge in [0, 0.05) is 28.5 Å². The minimum absolute atomic E-state index is 0.377. The Balaban J connectivity index is 2.25. The van der Waals surface area contributed by atoms with Crippen LogP contribution in [0.25, 0.3) is 11.1 Å². The highest BCUT2D eigenvalue weighted by Crippen LogP contribution is 2.36. The molecule has 0 saturated heterocycles. The van der Waals surface area contributed by atoms with Crippen LogP contribution in [0, 0.1) is 13.8 Å². The summed E-state index contributed by atoms with van der Waals surface area (Å²) in [6.07, 6.45) is 3.03. The van der Waals surface area contributed by atoms with Crippen LogP contribution in [0.15, 0.2) is 48.5 Å². The fourth-order valence-electron chi connectivity index (χ4n) is 3.88. The van der Waals surface area contributed by atoms with E-state index in [1.165, 1.54) is 5.69 Å². The molecule has 0 fully saturated rings. The average Bonchev–Trinajstić information content (AvgIpc) is 2.92. The molecule has 1 aromatic heterocycles. The molecular formula is C24H27ClN2O. The van der Waals surface area contributed by atoms with Crippen LogP contribution in [0.2, 0.25) is 5.02 Å². The third kappa shape index (κ3) is 4.00. The second-order valence-corrected chi connectivity index (χ2v) is 7.72. The number of halogens is 1. The standard InChI is InChI=1S/C24H27ClN2O/c1-4-5-13-21-23(20-12-7-6-9-16(20)2)22(24(26)28)17(3)27(21)15-18-10-8-11-19(25)14-18/h6-12,14H,4-5,13,15H2,1-3H3,(H2,26,28). The number of carbonyl (C=O) groups is 1. The van der Waals surface area contributed by atoms with E-state index < -0.39 is 0 Å². The third-order valence-corrected chi connectivity index (χ3v) is 5.52. The summed E-state index contributed by atoms with van der Waals surface area (Å²) in [5, 5.41) is 0.715. The largest absolute Gasteiger partial charge is 0.366 e. The van der Waals surface area contributed by atoms with Crippen LogP contribution in [0.4, 0.5) is 0 Å². The molecule has 1 amide bonds. The number of rotatable bonds is 7. The van der Waals surface area contributed by atoms with E-state index in [9.17, 15) is 4.79 Å². The zero-order chi connectivity index (χ0) is 20.3. The first-order valence-electron chi connectivity index (χ1n) is 9.76. The zero-order valence-electron chi connectivity index (χ0n) is 16.8. The fourth-order valence-corrected chi connectivity index (χ4v) is 4.09. The van der Waals surface area contributed by atoms with Crippen molar-refractivity contribution in [2.24, 2.45) is 5.73 Å². The van der Waals surface area contributed by atoms with Gasteiger partial charge in [-0.2, -0.15) is 0 Å². The van der Waals surface area contributed by atoms with Crippen LogP contribution < -0.4 is 5.73 Å². The smallest absolute Gasteiger partial charge is 0.251 e. The Morgan fingerprint density at radius 2 is 1.86 bits per heavy atom. The van der Waals surface area contributed by atoms with Gasteiger partial charge in [0.05, 0.1) is 5.56 Å². The third-order valence-electron chi connectivity index (χ3n) is 5.29. The van der Waals surface area contributed by atoms with Crippen molar-refractivity contribution in [3.05, 3.63) is 81.6 Å². The molecule has 0 radical (unpaired) electrons. The van der Waals surface area contributed by atoms with E-state index in [0.717, 1.165) is 47.2 Å². The maximum Gasteiger partial charge on any atom is 0.251 e. The molecule has 3 rings (SSSR count). The summed E-state index contributed by atoms with van der Waals surface area (Å²) in [4.78, 5) is 12.5. The van der Waals surface area contributed by atoms with Gasteiger partial charge in [-0.25, -0.2) is 0 Å². The number of hydrogen-bond acceptors (Lipinski definition) is 1. The van der Waals surface area contributed by atoms with Gasteiger partial charge in [0.15, 0.2) is 0 Å². The fraction of sp³-hybridized carbons (Fsp3) is 0.292. The first-order chi connectivity index (χ1) is 13.4. The molecule has 0 bridgehead atoms. The first-order valence-corrected chi connectivity index (χ1v) is 10.1. The SMILES string of the molecule is CCCCc1c(-c2ccccc2C)c(C(N)=O)c(C)n1Cc1cccc(Cl)c1. The van der Waals surface area contributed by atoms with Gasteiger partial charge in [-0.3, -0.25) is 4.79 Å². The van der Waals surface area contributed by atoms with E-state index in [1.54, 1.807) is 0 Å². The van der Waals surface area contributed by atoms with Gasteiger partial charge >= 0.3 is 0 Å². The Kier molecular flexibility index (Phi) is 6.25. The van der Waals surface area contributed by atoms with Crippen LogP contribution in [-0.4, -0.2) is 10.5 Å². The molecular weight excluding hydrogens is 368 g/mol. The maximum absolute atomic E-state index is 12.5. The number of primary amides is 1. The van der Waals surface area contributed by atoms with Gasteiger partial charge in [-0.15, -0.1) is 0 Å². The lowest BCUT2D eigenvalue weighted by molar-refractivity contribution is 0.1000. The number of benzene rings is 2. The predicted octanol–water partition coefficient (Wildman–Crippen LogP) is 5.92. The monoisotopic (exact) mass is 394 g/mol. The van der Waals surface area contributed by atoms with E-state index in [2.05, 4.69) is 36.6 Å². The highest BCUT2D eigenvalue weighted by Gasteiger charge is 2.25. The molecule has 0 atom stereocenters. The molecule has 146 valence electrons. The topological polar surface area (TPSA) is 48.0 Å². The minimum Gasteiger partial charge on any atom is -0.366 e. The lowest BCUT2D eigenvalue weighted by Crippen LogP contribution is -2.13. The van der Waals surface area contributed by atoms with Crippen molar-refractivity contribution in [2.45, 2.75) is 46.6 Å². The van der Waals surface area contributed by atoms with Crippen molar-refractivity contribution >= 4 is 17.5 Å². The lowest BCUT2D eigenvalue weighted by Gasteiger charge is -2.14. The summed E-state index contributed by atoms with van der Waals surface area (Å²) in [5.41, 5.74) is 12.9. The average molecular weight is 395 g/mol. The van der Waals surface area contributed by atoms with Gasteiger partial charge in [-0.05, 0) is 55.5 Å². The number of amides is 1. The van der Waals surface area contributed by atoms with Crippen molar-refractivity contribution < 1.29 is 4.79 Å². The molecule has 28 heavy (non-hydrogen) atoms. The summed E-state index contributed by atoms with van der Waals surface area (Å²) in [6, 6.07) is 16.1. The maximum atomic E-state index is 12.5. The molecule has 0 aliphatic rings. The number of carbonyl (C=O) groups excluding carboxylic acids is 1. The van der Waals surface area contributed by atoms with Crippen LogP contribution in [0.1, 0.15) is 52.6 Å². The van der Waals surface area contributed by atoms with E-state index in [1.807, 2.05) is 37.3 Å². The summed E-state index contributed by atoms with van der Waals surface area (Å²) in [5.74, 6) is -0.377. The molecule has 3 nitrogen and oxygen atoms in total. The Labute approximate surface area is 172 Å². The quantitative estimate of drug-likeness (QED) is 0.531. The van der Waals surface area contributed by atoms with Gasteiger partial charge < -0.3 is 10.3 Å². The normalized spacial score (nSPS) is 11.0. The minimum atomic E-state index is -0.377. The molecule has 0 unspecified atom stereocenters. The van der Waals surface area contributed by atoms with Crippen LogP contribution >= 0.6 is 11.6 Å². The second kappa shape index (κ2) is 8.66. The van der Waals surface area contributed by atoms with Gasteiger partial charge in [-0.1, -0.05) is 61.3 Å². The highest BCUT2D eigenvalue weighted by atomic mass is 35.5. The Hall–Kier alpha value is -2.52. The van der Waals surface area contributed by atoms with Crippen molar-refractivity contribution in [3.8, 4) is 11.1 Å². The number of hydrogen-bond donors (Lipinski definition) is 1. The molecule has 4 heteroatoms. The number of unbranched alkanes of at least 4 members (excludes halogenated alkanes) is 1. The number of nitrogens with two attached hydrogens (primary N) is 1. The van der Waals surface area contributed by atoms with Crippen LogP contribution in [0.3, 0.4) is 0 Å². The summed E-state index contributed by atoms with van der Waals surface area (Å²) < 4.78 is 2.24. The van der Waals surface area contributed by atoms with Crippen molar-refractivity contribution in [1.29, 1.82) is 0 Å². The molecule has 2 N–H and O–H groups in total. The van der Waals surface area contributed by atoms with Crippen LogP contribution in [0.5, 0.6) is 0 Å². The Bertz CT molecular complexity index is 1000. The Morgan fingerprint density at radius 3 is 2.50 bits per heavy atom. The van der Waals surface area contributed by atoms with E-state index in [4.69, 9.17) is 17.3 Å². The van der Waals surface area contributed by atoms with Gasteiger partial charge in [0.2, 0.25) is 0 Å². The summed E-state index contributed by atoms with van der Waals surface area (Å²) in [6.45, 7) is 6.91. The van der Waals surface area contributed by atoms with Crippen molar-refractivity contribution in [1.82, 2.24) is 4.57 Å². The molecule has 1 heterocycles. The molecule has 0 aliphatic carbocycles. The second-order valence-electron chi connectivity index (χ2n) is 7.28. The number of aryl methyl sites for hydroxylation is 1. The van der Waals surface area contributed by atoms with E-state index >= 15 is 0 Å². The zero-order valence-corrected chi connectivity index (χ0v) is 17.5. The Morgan fingerprint density at radius 1 is 1.11 bits per heavy atom. The van der Waals surface area contributed by atoms with E-state index in [0.29, 0.717) is 17.1 Å².